The molecule has 3 rings (SSSR count). The van der Waals surface area contributed by atoms with Gasteiger partial charge >= 0.3 is 0 Å². The van der Waals surface area contributed by atoms with Crippen LogP contribution in [0.15, 0.2) is 48.5 Å². The highest BCUT2D eigenvalue weighted by Crippen LogP contribution is 2.36. The Morgan fingerprint density at radius 3 is 2.38 bits per heavy atom. The quantitative estimate of drug-likeness (QED) is 0.766. The predicted octanol–water partition coefficient (Wildman–Crippen LogP) is 4.20. The van der Waals surface area contributed by atoms with Crippen LogP contribution in [0.1, 0.15) is 11.1 Å². The van der Waals surface area contributed by atoms with Crippen molar-refractivity contribution in [2.24, 2.45) is 0 Å². The number of rotatable bonds is 4. The number of hydrogen-bond acceptors (Lipinski definition) is 5. The van der Waals surface area contributed by atoms with Crippen LogP contribution in [-0.4, -0.2) is 19.2 Å². The molecule has 1 heterocycles. The predicted molar refractivity (Wildman–Crippen MR) is 102 cm³/mol. The van der Waals surface area contributed by atoms with Gasteiger partial charge in [-0.1, -0.05) is 29.8 Å². The molecule has 0 aliphatic heterocycles. The maximum Gasteiger partial charge on any atom is 0.161 e. The average molecular weight is 345 g/mol. The maximum absolute atomic E-state index is 9.57. The van der Waals surface area contributed by atoms with Crippen LogP contribution in [0.2, 0.25) is 0 Å². The first-order valence-corrected chi connectivity index (χ1v) is 8.07. The number of benzene rings is 2. The summed E-state index contributed by atoms with van der Waals surface area (Å²) in [5.41, 5.74) is 10.7. The Labute approximate surface area is 152 Å². The number of aromatic nitrogens is 1. The van der Waals surface area contributed by atoms with Crippen molar-refractivity contribution in [2.45, 2.75) is 6.92 Å². The van der Waals surface area contributed by atoms with Crippen molar-refractivity contribution in [2.75, 3.05) is 20.0 Å². The van der Waals surface area contributed by atoms with Crippen molar-refractivity contribution >= 4 is 5.82 Å². The van der Waals surface area contributed by atoms with Crippen LogP contribution in [0.3, 0.4) is 0 Å². The fourth-order valence-corrected chi connectivity index (χ4v) is 2.87. The van der Waals surface area contributed by atoms with E-state index in [9.17, 15) is 5.26 Å². The van der Waals surface area contributed by atoms with E-state index in [-0.39, 0.29) is 5.82 Å². The van der Waals surface area contributed by atoms with Crippen molar-refractivity contribution in [3.05, 3.63) is 59.7 Å². The van der Waals surface area contributed by atoms with Crippen molar-refractivity contribution in [1.82, 2.24) is 4.98 Å². The highest BCUT2D eigenvalue weighted by Gasteiger charge is 2.15. The number of pyridine rings is 1. The van der Waals surface area contributed by atoms with Gasteiger partial charge in [0.2, 0.25) is 0 Å². The fraction of sp³-hybridized carbons (Fsp3) is 0.143. The lowest BCUT2D eigenvalue weighted by Gasteiger charge is -2.13. The summed E-state index contributed by atoms with van der Waals surface area (Å²) in [6, 6.07) is 17.5. The van der Waals surface area contributed by atoms with Gasteiger partial charge in [0.25, 0.3) is 0 Å². The van der Waals surface area contributed by atoms with Crippen molar-refractivity contribution in [1.29, 1.82) is 5.26 Å². The molecule has 0 atom stereocenters. The molecule has 2 aromatic carbocycles. The van der Waals surface area contributed by atoms with Gasteiger partial charge in [0.15, 0.2) is 11.5 Å². The molecule has 2 N–H and O–H groups in total. The lowest BCUT2D eigenvalue weighted by molar-refractivity contribution is 0.355. The Bertz CT molecular complexity index is 1010. The number of nitrogen functional groups attached to an aromatic ring is 1. The van der Waals surface area contributed by atoms with Gasteiger partial charge in [0.05, 0.1) is 19.9 Å². The third-order valence-corrected chi connectivity index (χ3v) is 4.17. The van der Waals surface area contributed by atoms with E-state index in [1.165, 1.54) is 0 Å². The molecule has 0 aliphatic rings. The molecular weight excluding hydrogens is 326 g/mol. The van der Waals surface area contributed by atoms with E-state index in [1.807, 2.05) is 49.4 Å². The number of nitrogens with two attached hydrogens (primary N) is 1. The standard InChI is InChI=1S/C21H19N3O2/c1-13-5-4-6-15(9-13)18-11-16(17(12-22)21(23)24-18)14-7-8-19(25-2)20(10-14)26-3/h4-11H,1-3H3,(H2,23,24). The minimum absolute atomic E-state index is 0.205. The van der Waals surface area contributed by atoms with Gasteiger partial charge in [-0.25, -0.2) is 4.98 Å². The van der Waals surface area contributed by atoms with Crippen LogP contribution in [0.5, 0.6) is 11.5 Å². The fourth-order valence-electron chi connectivity index (χ4n) is 2.87. The molecule has 0 unspecified atom stereocenters. The lowest BCUT2D eigenvalue weighted by Crippen LogP contribution is -2.00. The molecule has 5 heteroatoms. The molecular formula is C21H19N3O2. The molecule has 0 aliphatic carbocycles. The summed E-state index contributed by atoms with van der Waals surface area (Å²) in [6.07, 6.45) is 0. The highest BCUT2D eigenvalue weighted by atomic mass is 16.5. The monoisotopic (exact) mass is 345 g/mol. The third-order valence-electron chi connectivity index (χ3n) is 4.17. The Morgan fingerprint density at radius 1 is 0.962 bits per heavy atom. The van der Waals surface area contributed by atoms with Crippen LogP contribution in [-0.2, 0) is 0 Å². The number of nitriles is 1. The first kappa shape index (κ1) is 17.3. The molecule has 26 heavy (non-hydrogen) atoms. The molecule has 0 amide bonds. The number of hydrogen-bond donors (Lipinski definition) is 1. The van der Waals surface area contributed by atoms with Gasteiger partial charge in [-0.3, -0.25) is 0 Å². The van der Waals surface area contributed by atoms with Gasteiger partial charge in [0, 0.05) is 11.1 Å². The summed E-state index contributed by atoms with van der Waals surface area (Å²) >= 11 is 0. The third kappa shape index (κ3) is 3.17. The van der Waals surface area contributed by atoms with Crippen molar-refractivity contribution < 1.29 is 9.47 Å². The second-order valence-corrected chi connectivity index (χ2v) is 5.87. The Kier molecular flexibility index (Phi) is 4.76. The number of methoxy groups -OCH3 is 2. The Hall–Kier alpha value is -3.52. The molecule has 0 spiro atoms. The van der Waals surface area contributed by atoms with E-state index in [2.05, 4.69) is 11.1 Å². The van der Waals surface area contributed by atoms with Crippen LogP contribution < -0.4 is 15.2 Å². The summed E-state index contributed by atoms with van der Waals surface area (Å²) in [5, 5.41) is 9.57. The number of ether oxygens (including phenoxy) is 2. The van der Waals surface area contributed by atoms with Gasteiger partial charge in [-0.15, -0.1) is 0 Å². The highest BCUT2D eigenvalue weighted by molar-refractivity contribution is 5.81. The topological polar surface area (TPSA) is 81.2 Å². The van der Waals surface area contributed by atoms with E-state index in [0.717, 1.165) is 22.4 Å². The van der Waals surface area contributed by atoms with Crippen molar-refractivity contribution in [3.63, 3.8) is 0 Å². The van der Waals surface area contributed by atoms with E-state index < -0.39 is 0 Å². The molecule has 0 radical (unpaired) electrons. The smallest absolute Gasteiger partial charge is 0.161 e. The largest absolute Gasteiger partial charge is 0.493 e. The maximum atomic E-state index is 9.57. The van der Waals surface area contributed by atoms with E-state index >= 15 is 0 Å². The van der Waals surface area contributed by atoms with Crippen LogP contribution >= 0.6 is 0 Å². The minimum Gasteiger partial charge on any atom is -0.493 e. The number of aryl methyl sites for hydroxylation is 1. The number of anilines is 1. The Balaban J connectivity index is 2.22. The van der Waals surface area contributed by atoms with E-state index in [0.29, 0.717) is 22.6 Å². The normalized spacial score (nSPS) is 10.2. The summed E-state index contributed by atoms with van der Waals surface area (Å²) in [6.45, 7) is 2.02. The molecule has 0 fully saturated rings. The summed E-state index contributed by atoms with van der Waals surface area (Å²) in [5.74, 6) is 1.41. The summed E-state index contributed by atoms with van der Waals surface area (Å²) in [7, 11) is 3.16. The molecule has 5 nitrogen and oxygen atoms in total. The first-order chi connectivity index (χ1) is 12.6. The Morgan fingerprint density at radius 2 is 1.73 bits per heavy atom. The first-order valence-electron chi connectivity index (χ1n) is 8.07. The second-order valence-electron chi connectivity index (χ2n) is 5.87. The summed E-state index contributed by atoms with van der Waals surface area (Å²) in [4.78, 5) is 4.42. The molecule has 3 aromatic rings. The molecule has 0 bridgehead atoms. The SMILES string of the molecule is COc1ccc(-c2cc(-c3cccc(C)c3)nc(N)c2C#N)cc1OC. The zero-order valence-electron chi connectivity index (χ0n) is 14.9. The van der Waals surface area contributed by atoms with Gasteiger partial charge in [-0.05, 0) is 36.8 Å². The average Bonchev–Trinajstić information content (AvgIpc) is 2.66. The van der Waals surface area contributed by atoms with Gasteiger partial charge < -0.3 is 15.2 Å². The number of nitrogens with zero attached hydrogens (tertiary/aromatic N) is 2. The van der Waals surface area contributed by atoms with Crippen LogP contribution in [0.25, 0.3) is 22.4 Å². The molecule has 130 valence electrons. The van der Waals surface area contributed by atoms with Crippen molar-refractivity contribution in [3.8, 4) is 40.0 Å². The molecule has 1 aromatic heterocycles. The second kappa shape index (κ2) is 7.16. The minimum atomic E-state index is 0.205. The van der Waals surface area contributed by atoms with E-state index in [4.69, 9.17) is 15.2 Å². The van der Waals surface area contributed by atoms with Crippen LogP contribution in [0.4, 0.5) is 5.82 Å². The molecule has 0 saturated carbocycles. The lowest BCUT2D eigenvalue weighted by atomic mass is 9.97. The van der Waals surface area contributed by atoms with Gasteiger partial charge in [-0.2, -0.15) is 5.26 Å². The zero-order chi connectivity index (χ0) is 18.7. The van der Waals surface area contributed by atoms with E-state index in [1.54, 1.807) is 20.3 Å². The zero-order valence-corrected chi connectivity index (χ0v) is 14.9. The van der Waals surface area contributed by atoms with Gasteiger partial charge in [0.1, 0.15) is 17.5 Å². The summed E-state index contributed by atoms with van der Waals surface area (Å²) < 4.78 is 10.7. The van der Waals surface area contributed by atoms with Crippen LogP contribution in [0, 0.1) is 18.3 Å². The molecule has 0 saturated heterocycles.